The van der Waals surface area contributed by atoms with Crippen molar-refractivity contribution in [1.82, 2.24) is 0 Å². The Morgan fingerprint density at radius 1 is 1.14 bits per heavy atom. The van der Waals surface area contributed by atoms with Crippen molar-refractivity contribution in [3.63, 3.8) is 0 Å². The molecule has 0 aromatic carbocycles. The average molecular weight is 298 g/mol. The lowest BCUT2D eigenvalue weighted by Crippen LogP contribution is -2.39. The third-order valence-corrected chi connectivity index (χ3v) is 4.83. The molecule has 0 amide bonds. The number of rotatable bonds is 5. The molecule has 120 valence electrons. The summed E-state index contributed by atoms with van der Waals surface area (Å²) in [4.78, 5) is 12.6. The molecule has 0 saturated carbocycles. The summed E-state index contributed by atoms with van der Waals surface area (Å²) in [5, 5.41) is 0. The van der Waals surface area contributed by atoms with Crippen molar-refractivity contribution < 1.29 is 23.7 Å². The maximum atomic E-state index is 12.6. The highest BCUT2D eigenvalue weighted by atomic mass is 16.6. The van der Waals surface area contributed by atoms with Crippen LogP contribution >= 0.6 is 0 Å². The van der Waals surface area contributed by atoms with E-state index in [1.54, 1.807) is 0 Å². The van der Waals surface area contributed by atoms with Crippen LogP contribution in [0.15, 0.2) is 0 Å². The van der Waals surface area contributed by atoms with Crippen molar-refractivity contribution in [2.24, 2.45) is 10.8 Å². The van der Waals surface area contributed by atoms with Gasteiger partial charge in [0.1, 0.15) is 6.10 Å². The Labute approximate surface area is 126 Å². The van der Waals surface area contributed by atoms with Crippen molar-refractivity contribution in [2.45, 2.75) is 65.0 Å². The van der Waals surface area contributed by atoms with Gasteiger partial charge in [-0.2, -0.15) is 0 Å². The summed E-state index contributed by atoms with van der Waals surface area (Å²) in [6.45, 7) is 10.1. The van der Waals surface area contributed by atoms with E-state index in [9.17, 15) is 4.79 Å². The third-order valence-electron chi connectivity index (χ3n) is 4.83. The van der Waals surface area contributed by atoms with Gasteiger partial charge < -0.3 is 18.9 Å². The van der Waals surface area contributed by atoms with Gasteiger partial charge in [-0.05, 0) is 32.1 Å². The first-order valence-corrected chi connectivity index (χ1v) is 7.85. The van der Waals surface area contributed by atoms with E-state index in [2.05, 4.69) is 13.8 Å². The Morgan fingerprint density at radius 3 is 2.52 bits per heavy atom. The van der Waals surface area contributed by atoms with Crippen LogP contribution in [-0.4, -0.2) is 50.2 Å². The Morgan fingerprint density at radius 2 is 1.86 bits per heavy atom. The maximum absolute atomic E-state index is 12.6. The van der Waals surface area contributed by atoms with Crippen molar-refractivity contribution in [3.05, 3.63) is 0 Å². The zero-order chi connectivity index (χ0) is 15.3. The van der Waals surface area contributed by atoms with E-state index in [1.165, 1.54) is 0 Å². The molecule has 3 rings (SSSR count). The molecular formula is C16H26O5. The molecule has 4 atom stereocenters. The predicted molar refractivity (Wildman–Crippen MR) is 75.9 cm³/mol. The SMILES string of the molecule is CC(C)(CC(C)(C)C1CO1)C(=O)O[C@@H]1CO[C@@H]2CCOC21. The van der Waals surface area contributed by atoms with Crippen LogP contribution in [-0.2, 0) is 23.7 Å². The van der Waals surface area contributed by atoms with E-state index >= 15 is 0 Å². The van der Waals surface area contributed by atoms with Gasteiger partial charge in [0.15, 0.2) is 6.10 Å². The third kappa shape index (κ3) is 3.10. The molecule has 5 heteroatoms. The molecule has 3 aliphatic heterocycles. The Bertz CT molecular complexity index is 413. The van der Waals surface area contributed by atoms with Crippen LogP contribution in [0, 0.1) is 10.8 Å². The molecule has 0 aromatic rings. The lowest BCUT2D eigenvalue weighted by molar-refractivity contribution is -0.166. The molecule has 0 spiro atoms. The molecule has 0 aromatic heterocycles. The van der Waals surface area contributed by atoms with Gasteiger partial charge in [0, 0.05) is 6.61 Å². The Balaban J connectivity index is 1.58. The number of carbonyl (C=O) groups excluding carboxylic acids is 1. The van der Waals surface area contributed by atoms with Gasteiger partial charge in [-0.1, -0.05) is 13.8 Å². The molecule has 5 nitrogen and oxygen atoms in total. The average Bonchev–Trinajstić information content (AvgIpc) is 3.03. The highest BCUT2D eigenvalue weighted by molar-refractivity contribution is 5.76. The highest BCUT2D eigenvalue weighted by Gasteiger charge is 2.48. The van der Waals surface area contributed by atoms with Gasteiger partial charge >= 0.3 is 5.97 Å². The van der Waals surface area contributed by atoms with Crippen LogP contribution in [0.25, 0.3) is 0 Å². The first-order valence-electron chi connectivity index (χ1n) is 7.85. The zero-order valence-corrected chi connectivity index (χ0v) is 13.4. The molecule has 21 heavy (non-hydrogen) atoms. The van der Waals surface area contributed by atoms with E-state index in [4.69, 9.17) is 18.9 Å². The summed E-state index contributed by atoms with van der Waals surface area (Å²) >= 11 is 0. The monoisotopic (exact) mass is 298 g/mol. The molecule has 3 saturated heterocycles. The largest absolute Gasteiger partial charge is 0.457 e. The normalized spacial score (nSPS) is 35.6. The summed E-state index contributed by atoms with van der Waals surface area (Å²) < 4.78 is 22.4. The molecule has 0 radical (unpaired) electrons. The Kier molecular flexibility index (Phi) is 3.79. The standard InChI is InChI=1S/C16H26O5/c1-15(2,12-8-20-12)9-16(3,4)14(17)21-11-7-19-10-5-6-18-13(10)11/h10-13H,5-9H2,1-4H3/t10-,11-,12?,13?/m1/s1. The molecule has 2 unspecified atom stereocenters. The van der Waals surface area contributed by atoms with Gasteiger partial charge in [0.05, 0.1) is 30.8 Å². The van der Waals surface area contributed by atoms with E-state index in [0.29, 0.717) is 13.2 Å². The van der Waals surface area contributed by atoms with Crippen molar-refractivity contribution in [1.29, 1.82) is 0 Å². The minimum atomic E-state index is -0.536. The molecule has 0 aliphatic carbocycles. The maximum Gasteiger partial charge on any atom is 0.311 e. The fourth-order valence-corrected chi connectivity index (χ4v) is 3.65. The van der Waals surface area contributed by atoms with Crippen LogP contribution in [0.5, 0.6) is 0 Å². The minimum absolute atomic E-state index is 0.0128. The van der Waals surface area contributed by atoms with Gasteiger partial charge in [0.2, 0.25) is 0 Å². The Hall–Kier alpha value is -0.650. The number of ether oxygens (including phenoxy) is 4. The van der Waals surface area contributed by atoms with Crippen LogP contribution in [0.3, 0.4) is 0 Å². The second kappa shape index (κ2) is 5.21. The highest BCUT2D eigenvalue weighted by Crippen LogP contribution is 2.43. The summed E-state index contributed by atoms with van der Waals surface area (Å²) in [5.74, 6) is -0.166. The first kappa shape index (κ1) is 15.3. The predicted octanol–water partition coefficient (Wildman–Crippen LogP) is 1.93. The smallest absolute Gasteiger partial charge is 0.311 e. The van der Waals surface area contributed by atoms with Gasteiger partial charge in [-0.25, -0.2) is 0 Å². The lowest BCUT2D eigenvalue weighted by Gasteiger charge is -2.33. The fraction of sp³-hybridized carbons (Fsp3) is 0.938. The van der Waals surface area contributed by atoms with Gasteiger partial charge in [-0.15, -0.1) is 0 Å². The number of fused-ring (bicyclic) bond motifs is 1. The summed E-state index contributed by atoms with van der Waals surface area (Å²) in [6, 6.07) is 0. The summed E-state index contributed by atoms with van der Waals surface area (Å²) in [7, 11) is 0. The fourth-order valence-electron chi connectivity index (χ4n) is 3.65. The lowest BCUT2D eigenvalue weighted by atomic mass is 9.73. The molecule has 3 heterocycles. The topological polar surface area (TPSA) is 57.3 Å². The van der Waals surface area contributed by atoms with E-state index < -0.39 is 5.41 Å². The minimum Gasteiger partial charge on any atom is -0.457 e. The first-order chi connectivity index (χ1) is 9.79. The summed E-state index contributed by atoms with van der Waals surface area (Å²) in [6.07, 6.45) is 1.67. The van der Waals surface area contributed by atoms with E-state index in [-0.39, 0.29) is 35.8 Å². The summed E-state index contributed by atoms with van der Waals surface area (Å²) in [5.41, 5.74) is -0.548. The van der Waals surface area contributed by atoms with Crippen molar-refractivity contribution >= 4 is 5.97 Å². The van der Waals surface area contributed by atoms with Gasteiger partial charge in [-0.3, -0.25) is 4.79 Å². The number of esters is 1. The van der Waals surface area contributed by atoms with Crippen LogP contribution in [0.4, 0.5) is 0 Å². The second-order valence-electron chi connectivity index (χ2n) is 7.81. The van der Waals surface area contributed by atoms with Crippen molar-refractivity contribution in [3.8, 4) is 0 Å². The van der Waals surface area contributed by atoms with Crippen LogP contribution in [0.1, 0.15) is 40.5 Å². The number of epoxide rings is 1. The number of hydrogen-bond acceptors (Lipinski definition) is 5. The van der Waals surface area contributed by atoms with Crippen LogP contribution < -0.4 is 0 Å². The molecule has 3 fully saturated rings. The number of hydrogen-bond donors (Lipinski definition) is 0. The molecular weight excluding hydrogens is 272 g/mol. The quantitative estimate of drug-likeness (QED) is 0.573. The molecule has 3 aliphatic rings. The zero-order valence-electron chi connectivity index (χ0n) is 13.4. The van der Waals surface area contributed by atoms with E-state index in [1.807, 2.05) is 13.8 Å². The molecule has 0 bridgehead atoms. The second-order valence-corrected chi connectivity index (χ2v) is 7.81. The van der Waals surface area contributed by atoms with Crippen LogP contribution in [0.2, 0.25) is 0 Å². The van der Waals surface area contributed by atoms with E-state index in [0.717, 1.165) is 19.4 Å². The molecule has 0 N–H and O–H groups in total. The van der Waals surface area contributed by atoms with Crippen molar-refractivity contribution in [2.75, 3.05) is 19.8 Å². The van der Waals surface area contributed by atoms with Gasteiger partial charge in [0.25, 0.3) is 0 Å². The number of carbonyl (C=O) groups is 1.